The van der Waals surface area contributed by atoms with E-state index < -0.39 is 0 Å². The summed E-state index contributed by atoms with van der Waals surface area (Å²) in [6.45, 7) is 3.86. The average Bonchev–Trinajstić information content (AvgIpc) is 2.85. The van der Waals surface area contributed by atoms with Crippen LogP contribution in [-0.2, 0) is 17.6 Å². The first-order valence-corrected chi connectivity index (χ1v) is 11.4. The number of amides is 1. The number of rotatable bonds is 7. The van der Waals surface area contributed by atoms with Gasteiger partial charge in [-0.2, -0.15) is 0 Å². The topological polar surface area (TPSA) is 91.0 Å². The van der Waals surface area contributed by atoms with Crippen molar-refractivity contribution in [2.24, 2.45) is 5.92 Å². The van der Waals surface area contributed by atoms with Crippen LogP contribution in [0.25, 0.3) is 11.4 Å². The summed E-state index contributed by atoms with van der Waals surface area (Å²) in [6, 6.07) is 12.0. The van der Waals surface area contributed by atoms with Crippen molar-refractivity contribution in [1.29, 1.82) is 0 Å². The second-order valence-corrected chi connectivity index (χ2v) is 8.24. The highest BCUT2D eigenvalue weighted by molar-refractivity contribution is 5.79. The van der Waals surface area contributed by atoms with Crippen LogP contribution in [0.15, 0.2) is 53.5 Å². The van der Waals surface area contributed by atoms with Crippen molar-refractivity contribution in [1.82, 2.24) is 20.3 Å². The Morgan fingerprint density at radius 3 is 2.70 bits per heavy atom. The molecule has 1 aliphatic heterocycles. The van der Waals surface area contributed by atoms with Gasteiger partial charge in [-0.3, -0.25) is 9.59 Å². The number of aryl methyl sites for hydroxylation is 1. The molecule has 8 heteroatoms. The second-order valence-electron chi connectivity index (χ2n) is 8.24. The number of hydrogen-bond donors (Lipinski definition) is 2. The van der Waals surface area contributed by atoms with E-state index >= 15 is 0 Å². The van der Waals surface area contributed by atoms with Crippen molar-refractivity contribution in [2.75, 3.05) is 24.5 Å². The molecule has 0 unspecified atom stereocenters. The van der Waals surface area contributed by atoms with Crippen molar-refractivity contribution in [3.05, 3.63) is 76.1 Å². The van der Waals surface area contributed by atoms with Crippen LogP contribution in [0, 0.1) is 11.7 Å². The number of nitrogens with one attached hydrogen (secondary N) is 2. The number of aromatic nitrogens is 3. The van der Waals surface area contributed by atoms with Crippen LogP contribution in [0.5, 0.6) is 0 Å². The number of halogens is 1. The Kier molecular flexibility index (Phi) is 7.12. The number of H-pyrrole nitrogens is 1. The van der Waals surface area contributed by atoms with Crippen LogP contribution < -0.4 is 15.8 Å². The third kappa shape index (κ3) is 5.63. The smallest absolute Gasteiger partial charge is 0.251 e. The Hall–Kier alpha value is -3.55. The van der Waals surface area contributed by atoms with E-state index in [9.17, 15) is 14.0 Å². The Morgan fingerprint density at radius 2 is 2.00 bits per heavy atom. The van der Waals surface area contributed by atoms with Gasteiger partial charge in [0.15, 0.2) is 0 Å². The molecular weight excluding hydrogens is 421 g/mol. The zero-order valence-corrected chi connectivity index (χ0v) is 18.7. The highest BCUT2D eigenvalue weighted by Gasteiger charge is 2.25. The van der Waals surface area contributed by atoms with Gasteiger partial charge in [-0.25, -0.2) is 14.4 Å². The normalized spacial score (nSPS) is 14.3. The largest absolute Gasteiger partial charge is 0.357 e. The first-order valence-electron chi connectivity index (χ1n) is 11.4. The summed E-state index contributed by atoms with van der Waals surface area (Å²) in [6.07, 6.45) is 4.36. The molecular formula is C25H28FN5O2. The molecule has 7 nitrogen and oxygen atoms in total. The molecule has 3 heterocycles. The first-order chi connectivity index (χ1) is 16.0. The van der Waals surface area contributed by atoms with Gasteiger partial charge in [0, 0.05) is 49.1 Å². The molecule has 0 saturated carbocycles. The summed E-state index contributed by atoms with van der Waals surface area (Å²) in [7, 11) is 0. The first kappa shape index (κ1) is 22.6. The lowest BCUT2D eigenvalue weighted by molar-refractivity contribution is -0.125. The second kappa shape index (κ2) is 10.4. The van der Waals surface area contributed by atoms with Gasteiger partial charge < -0.3 is 15.2 Å². The van der Waals surface area contributed by atoms with E-state index in [1.165, 1.54) is 12.1 Å². The number of hydrogen-bond acceptors (Lipinski definition) is 5. The molecule has 0 atom stereocenters. The molecule has 33 heavy (non-hydrogen) atoms. The van der Waals surface area contributed by atoms with Crippen LogP contribution in [0.2, 0.25) is 0 Å². The maximum absolute atomic E-state index is 13.7. The van der Waals surface area contributed by atoms with Crippen LogP contribution in [0.4, 0.5) is 10.2 Å². The summed E-state index contributed by atoms with van der Waals surface area (Å²) in [5.41, 5.74) is 1.94. The van der Waals surface area contributed by atoms with Gasteiger partial charge in [0.25, 0.3) is 5.56 Å². The number of carbonyl (C=O) groups is 1. The minimum absolute atomic E-state index is 0.0279. The minimum atomic E-state index is -0.237. The highest BCUT2D eigenvalue weighted by atomic mass is 19.1. The molecule has 3 aromatic rings. The van der Waals surface area contributed by atoms with E-state index in [4.69, 9.17) is 0 Å². The van der Waals surface area contributed by atoms with E-state index in [0.29, 0.717) is 30.8 Å². The SMILES string of the molecule is CCc1cc(=O)[nH]c(-c2ccc(N3CCC(C(=O)NCCc4ccccc4F)CC3)nc2)n1. The molecule has 0 bridgehead atoms. The fraction of sp³-hybridized carbons (Fsp3) is 0.360. The number of piperidine rings is 1. The van der Waals surface area contributed by atoms with Gasteiger partial charge in [0.05, 0.1) is 0 Å². The minimum Gasteiger partial charge on any atom is -0.357 e. The Labute approximate surface area is 192 Å². The molecule has 2 aromatic heterocycles. The third-order valence-corrected chi connectivity index (χ3v) is 6.02. The zero-order chi connectivity index (χ0) is 23.2. The Balaban J connectivity index is 1.29. The summed E-state index contributed by atoms with van der Waals surface area (Å²) >= 11 is 0. The summed E-state index contributed by atoms with van der Waals surface area (Å²) in [5.74, 6) is 1.10. The Bertz CT molecular complexity index is 1150. The molecule has 1 aliphatic rings. The van der Waals surface area contributed by atoms with Crippen molar-refractivity contribution in [3.63, 3.8) is 0 Å². The number of nitrogens with zero attached hydrogens (tertiary/aromatic N) is 3. The molecule has 172 valence electrons. The van der Waals surface area contributed by atoms with E-state index in [0.717, 1.165) is 43.0 Å². The van der Waals surface area contributed by atoms with Crippen molar-refractivity contribution in [2.45, 2.75) is 32.6 Å². The molecule has 1 amide bonds. The van der Waals surface area contributed by atoms with E-state index in [2.05, 4.69) is 25.2 Å². The molecule has 4 rings (SSSR count). The van der Waals surface area contributed by atoms with E-state index in [1.54, 1.807) is 24.4 Å². The lowest BCUT2D eigenvalue weighted by atomic mass is 9.95. The van der Waals surface area contributed by atoms with Crippen molar-refractivity contribution in [3.8, 4) is 11.4 Å². The fourth-order valence-corrected chi connectivity index (χ4v) is 4.08. The summed E-state index contributed by atoms with van der Waals surface area (Å²) in [4.78, 5) is 38.3. The maximum Gasteiger partial charge on any atom is 0.251 e. The summed E-state index contributed by atoms with van der Waals surface area (Å²) < 4.78 is 13.7. The number of pyridine rings is 1. The predicted molar refractivity (Wildman–Crippen MR) is 126 cm³/mol. The average molecular weight is 450 g/mol. The number of carbonyl (C=O) groups excluding carboxylic acids is 1. The van der Waals surface area contributed by atoms with Crippen molar-refractivity contribution < 1.29 is 9.18 Å². The standard InChI is InChI=1S/C25H28FN5O2/c1-2-20-15-23(32)30-24(29-20)19-7-8-22(28-16-19)31-13-10-18(11-14-31)25(33)27-12-9-17-5-3-4-6-21(17)26/h3-8,15-16,18H,2,9-14H2,1H3,(H,27,33)(H,29,30,32). The van der Waals surface area contributed by atoms with Gasteiger partial charge in [-0.1, -0.05) is 25.1 Å². The van der Waals surface area contributed by atoms with E-state index in [-0.39, 0.29) is 23.2 Å². The van der Waals surface area contributed by atoms with Gasteiger partial charge >= 0.3 is 0 Å². The van der Waals surface area contributed by atoms with Crippen molar-refractivity contribution >= 4 is 11.7 Å². The lowest BCUT2D eigenvalue weighted by Gasteiger charge is -2.32. The molecule has 1 saturated heterocycles. The zero-order valence-electron chi connectivity index (χ0n) is 18.7. The molecule has 1 aromatic carbocycles. The number of anilines is 1. The molecule has 0 spiro atoms. The highest BCUT2D eigenvalue weighted by Crippen LogP contribution is 2.23. The van der Waals surface area contributed by atoms with Crippen LogP contribution in [0.3, 0.4) is 0 Å². The van der Waals surface area contributed by atoms with Crippen LogP contribution in [0.1, 0.15) is 31.0 Å². The molecule has 0 aliphatic carbocycles. The van der Waals surface area contributed by atoms with Gasteiger partial charge in [0.2, 0.25) is 5.91 Å². The van der Waals surface area contributed by atoms with Gasteiger partial charge in [-0.05, 0) is 49.4 Å². The summed E-state index contributed by atoms with van der Waals surface area (Å²) in [5, 5.41) is 2.95. The molecule has 0 radical (unpaired) electrons. The van der Waals surface area contributed by atoms with Gasteiger partial charge in [-0.15, -0.1) is 0 Å². The van der Waals surface area contributed by atoms with Gasteiger partial charge in [0.1, 0.15) is 17.5 Å². The molecule has 1 fully saturated rings. The number of aromatic amines is 1. The van der Waals surface area contributed by atoms with Crippen LogP contribution in [-0.4, -0.2) is 40.5 Å². The lowest BCUT2D eigenvalue weighted by Crippen LogP contribution is -2.41. The fourth-order valence-electron chi connectivity index (χ4n) is 4.08. The van der Waals surface area contributed by atoms with E-state index in [1.807, 2.05) is 19.1 Å². The predicted octanol–water partition coefficient (Wildman–Crippen LogP) is 3.11. The third-order valence-electron chi connectivity index (χ3n) is 6.02. The van der Waals surface area contributed by atoms with Crippen LogP contribution >= 0.6 is 0 Å². The monoisotopic (exact) mass is 449 g/mol. The quantitative estimate of drug-likeness (QED) is 0.578. The maximum atomic E-state index is 13.7. The molecule has 2 N–H and O–H groups in total. The number of benzene rings is 1. The Morgan fingerprint density at radius 1 is 1.21 bits per heavy atom.